The van der Waals surface area contributed by atoms with Crippen LogP contribution in [0.1, 0.15) is 70.2 Å². The second-order valence-electron chi connectivity index (χ2n) is 9.53. The summed E-state index contributed by atoms with van der Waals surface area (Å²) < 4.78 is 6.01. The van der Waals surface area contributed by atoms with Crippen molar-refractivity contribution in [1.29, 1.82) is 0 Å². The third-order valence-corrected chi connectivity index (χ3v) is 5.84. The molecule has 2 aliphatic rings. The summed E-state index contributed by atoms with van der Waals surface area (Å²) in [6.07, 6.45) is 4.87. The molecule has 2 fully saturated rings. The van der Waals surface area contributed by atoms with Gasteiger partial charge < -0.3 is 15.4 Å². The van der Waals surface area contributed by atoms with Gasteiger partial charge in [-0.1, -0.05) is 11.6 Å². The second-order valence-corrected chi connectivity index (χ2v) is 9.93. The van der Waals surface area contributed by atoms with Gasteiger partial charge in [0.2, 0.25) is 0 Å². The number of piperidine rings is 2. The van der Waals surface area contributed by atoms with Crippen molar-refractivity contribution in [3.8, 4) is 5.75 Å². The van der Waals surface area contributed by atoms with Gasteiger partial charge in [-0.2, -0.15) is 0 Å². The first kappa shape index (κ1) is 20.6. The third-order valence-electron chi connectivity index (χ3n) is 5.55. The van der Waals surface area contributed by atoms with Gasteiger partial charge in [-0.05, 0) is 84.0 Å². The number of ether oxygens (including phenoxy) is 1. The number of hydrogen-bond acceptors (Lipinski definition) is 4. The average molecular weight is 393 g/mol. The Bertz CT molecular complexity index is 665. The van der Waals surface area contributed by atoms with Crippen LogP contribution in [0.15, 0.2) is 18.2 Å². The highest BCUT2D eigenvalue weighted by Gasteiger charge is 2.38. The molecule has 0 aromatic heterocycles. The molecule has 1 unspecified atom stereocenters. The lowest BCUT2D eigenvalue weighted by Gasteiger charge is -2.46. The van der Waals surface area contributed by atoms with Gasteiger partial charge in [0.05, 0.1) is 5.02 Å². The van der Waals surface area contributed by atoms with Crippen LogP contribution in [-0.2, 0) is 0 Å². The van der Waals surface area contributed by atoms with Crippen LogP contribution in [0.3, 0.4) is 0 Å². The van der Waals surface area contributed by atoms with Crippen molar-refractivity contribution in [2.45, 2.75) is 77.0 Å². The van der Waals surface area contributed by atoms with Gasteiger partial charge >= 0.3 is 0 Å². The molecule has 2 N–H and O–H groups in total. The zero-order valence-corrected chi connectivity index (χ0v) is 17.8. The monoisotopic (exact) mass is 392 g/mol. The van der Waals surface area contributed by atoms with E-state index < -0.39 is 0 Å². The number of hydrogen-bond donors (Lipinski definition) is 2. The summed E-state index contributed by atoms with van der Waals surface area (Å²) in [6.45, 7) is 10.8. The molecule has 2 aliphatic heterocycles. The lowest BCUT2D eigenvalue weighted by atomic mass is 9.74. The maximum Gasteiger partial charge on any atom is 0.163 e. The van der Waals surface area contributed by atoms with Crippen LogP contribution in [-0.4, -0.2) is 36.1 Å². The molecule has 5 heteroatoms. The standard InChI is InChI=1S/C22H33ClN2O2/c1-21(2)12-15(13-22(3,4)25-21)10-19(26)16-7-8-20(18(23)11-16)27-17-6-5-9-24-14-17/h7-8,11,15,17,24-25H,5-6,9-10,12-14H2,1-4H3. The zero-order chi connectivity index (χ0) is 19.7. The molecule has 0 aliphatic carbocycles. The van der Waals surface area contributed by atoms with Crippen LogP contribution in [0.5, 0.6) is 5.75 Å². The molecule has 1 aromatic carbocycles. The van der Waals surface area contributed by atoms with Crippen LogP contribution >= 0.6 is 11.6 Å². The quantitative estimate of drug-likeness (QED) is 0.719. The summed E-state index contributed by atoms with van der Waals surface area (Å²) in [5.74, 6) is 1.22. The molecule has 0 amide bonds. The summed E-state index contributed by atoms with van der Waals surface area (Å²) >= 11 is 6.42. The smallest absolute Gasteiger partial charge is 0.163 e. The minimum atomic E-state index is 0.0517. The van der Waals surface area contributed by atoms with Crippen LogP contribution in [0.25, 0.3) is 0 Å². The van der Waals surface area contributed by atoms with Crippen molar-refractivity contribution >= 4 is 17.4 Å². The van der Waals surface area contributed by atoms with Crippen LogP contribution in [0, 0.1) is 5.92 Å². The first-order valence-corrected chi connectivity index (χ1v) is 10.5. The van der Waals surface area contributed by atoms with Crippen molar-refractivity contribution in [3.63, 3.8) is 0 Å². The van der Waals surface area contributed by atoms with Crippen molar-refractivity contribution in [2.75, 3.05) is 13.1 Å². The largest absolute Gasteiger partial charge is 0.488 e. The van der Waals surface area contributed by atoms with Crippen molar-refractivity contribution in [1.82, 2.24) is 10.6 Å². The van der Waals surface area contributed by atoms with E-state index in [1.165, 1.54) is 0 Å². The number of carbonyl (C=O) groups is 1. The van der Waals surface area contributed by atoms with E-state index in [-0.39, 0.29) is 23.0 Å². The van der Waals surface area contributed by atoms with Crippen LogP contribution < -0.4 is 15.4 Å². The number of halogens is 1. The Morgan fingerprint density at radius 2 is 1.93 bits per heavy atom. The fourth-order valence-corrected chi connectivity index (χ4v) is 5.15. The Kier molecular flexibility index (Phi) is 6.19. The maximum atomic E-state index is 12.9. The van der Waals surface area contributed by atoms with E-state index in [9.17, 15) is 4.79 Å². The summed E-state index contributed by atoms with van der Waals surface area (Å²) in [4.78, 5) is 12.9. The topological polar surface area (TPSA) is 50.4 Å². The molecule has 1 aromatic rings. The number of benzene rings is 1. The van der Waals surface area contributed by atoms with Crippen molar-refractivity contribution in [2.24, 2.45) is 5.92 Å². The van der Waals surface area contributed by atoms with Crippen LogP contribution in [0.2, 0.25) is 5.02 Å². The maximum absolute atomic E-state index is 12.9. The van der Waals surface area contributed by atoms with Gasteiger partial charge in [-0.3, -0.25) is 4.79 Å². The van der Waals surface area contributed by atoms with Gasteiger partial charge in [0, 0.05) is 29.6 Å². The van der Waals surface area contributed by atoms with Gasteiger partial charge in [-0.25, -0.2) is 0 Å². The van der Waals surface area contributed by atoms with Gasteiger partial charge in [-0.15, -0.1) is 0 Å². The summed E-state index contributed by atoms with van der Waals surface area (Å²) in [5, 5.41) is 7.54. The minimum Gasteiger partial charge on any atom is -0.488 e. The first-order chi connectivity index (χ1) is 12.6. The zero-order valence-electron chi connectivity index (χ0n) is 17.0. The molecular weight excluding hydrogens is 360 g/mol. The fourth-order valence-electron chi connectivity index (χ4n) is 4.93. The highest BCUT2D eigenvalue weighted by atomic mass is 35.5. The predicted octanol–water partition coefficient (Wildman–Crippen LogP) is 4.60. The highest BCUT2D eigenvalue weighted by molar-refractivity contribution is 6.32. The first-order valence-electron chi connectivity index (χ1n) is 10.1. The Balaban J connectivity index is 1.64. The number of Topliss-reactive ketones (excluding diaryl/α,β-unsaturated/α-hetero) is 1. The Labute approximate surface area is 168 Å². The third kappa shape index (κ3) is 5.69. The predicted molar refractivity (Wildman–Crippen MR) is 111 cm³/mol. The average Bonchev–Trinajstić information content (AvgIpc) is 2.54. The molecule has 1 atom stereocenters. The van der Waals surface area contributed by atoms with E-state index in [0.717, 1.165) is 38.8 Å². The van der Waals surface area contributed by atoms with E-state index in [4.69, 9.17) is 16.3 Å². The van der Waals surface area contributed by atoms with Crippen molar-refractivity contribution < 1.29 is 9.53 Å². The normalized spacial score (nSPS) is 25.1. The number of carbonyl (C=O) groups excluding carboxylic acids is 1. The van der Waals surface area contributed by atoms with E-state index in [1.54, 1.807) is 6.07 Å². The molecule has 0 radical (unpaired) electrons. The SMILES string of the molecule is CC1(C)CC(CC(=O)c2ccc(OC3CCCNC3)c(Cl)c2)CC(C)(C)N1. The van der Waals surface area contributed by atoms with Gasteiger partial charge in [0.1, 0.15) is 11.9 Å². The van der Waals surface area contributed by atoms with E-state index in [0.29, 0.717) is 28.7 Å². The fraction of sp³-hybridized carbons (Fsp3) is 0.682. The Morgan fingerprint density at radius 1 is 1.22 bits per heavy atom. The molecule has 0 spiro atoms. The van der Waals surface area contributed by atoms with Crippen LogP contribution in [0.4, 0.5) is 0 Å². The van der Waals surface area contributed by atoms with Gasteiger partial charge in [0.25, 0.3) is 0 Å². The highest BCUT2D eigenvalue weighted by Crippen LogP contribution is 2.36. The minimum absolute atomic E-state index is 0.0517. The second kappa shape index (κ2) is 8.10. The molecule has 2 saturated heterocycles. The Morgan fingerprint density at radius 3 is 2.52 bits per heavy atom. The molecule has 0 bridgehead atoms. The Hall–Kier alpha value is -1.10. The lowest BCUT2D eigenvalue weighted by Crippen LogP contribution is -2.57. The number of nitrogens with one attached hydrogen (secondary N) is 2. The molecule has 4 nitrogen and oxygen atoms in total. The van der Waals surface area contributed by atoms with Crippen molar-refractivity contribution in [3.05, 3.63) is 28.8 Å². The molecular formula is C22H33ClN2O2. The van der Waals surface area contributed by atoms with E-state index in [1.807, 2.05) is 12.1 Å². The molecule has 2 heterocycles. The van der Waals surface area contributed by atoms with E-state index >= 15 is 0 Å². The molecule has 0 saturated carbocycles. The summed E-state index contributed by atoms with van der Waals surface area (Å²) in [7, 11) is 0. The number of ketones is 1. The van der Waals surface area contributed by atoms with Gasteiger partial charge in [0.15, 0.2) is 5.78 Å². The summed E-state index contributed by atoms with van der Waals surface area (Å²) in [5.41, 5.74) is 0.787. The number of rotatable bonds is 5. The molecule has 3 rings (SSSR count). The lowest BCUT2D eigenvalue weighted by molar-refractivity contribution is 0.0864. The molecule has 27 heavy (non-hydrogen) atoms. The van der Waals surface area contributed by atoms with E-state index in [2.05, 4.69) is 38.3 Å². The molecule has 150 valence electrons. The summed E-state index contributed by atoms with van der Waals surface area (Å²) in [6, 6.07) is 5.48.